The van der Waals surface area contributed by atoms with Gasteiger partial charge in [0.1, 0.15) is 6.04 Å². The van der Waals surface area contributed by atoms with E-state index < -0.39 is 6.04 Å². The molecule has 0 aromatic heterocycles. The number of amides is 1. The van der Waals surface area contributed by atoms with Crippen molar-refractivity contribution in [3.05, 3.63) is 12.3 Å². The minimum atomic E-state index is -0.586. The number of carbonyl (C=O) groups is 1. The van der Waals surface area contributed by atoms with Gasteiger partial charge in [-0.2, -0.15) is 0 Å². The van der Waals surface area contributed by atoms with Crippen molar-refractivity contribution in [3.8, 4) is 0 Å². The molecule has 1 amide bonds. The zero-order valence-corrected chi connectivity index (χ0v) is 6.85. The van der Waals surface area contributed by atoms with Gasteiger partial charge in [-0.3, -0.25) is 4.79 Å². The first-order valence-electron chi connectivity index (χ1n) is 3.36. The number of aliphatic hydroxyl groups is 1. The van der Waals surface area contributed by atoms with Crippen molar-refractivity contribution < 1.29 is 9.90 Å². The van der Waals surface area contributed by atoms with E-state index in [1.807, 2.05) is 0 Å². The molecule has 3 N–H and O–H groups in total. The summed E-state index contributed by atoms with van der Waals surface area (Å²) in [4.78, 5) is 10.9. The van der Waals surface area contributed by atoms with Gasteiger partial charge in [-0.15, -0.1) is 0 Å². The van der Waals surface area contributed by atoms with Crippen LogP contribution in [0.25, 0.3) is 0 Å². The number of rotatable bonds is 4. The zero-order chi connectivity index (χ0) is 8.85. The fourth-order valence-electron chi connectivity index (χ4n) is 0.666. The number of aliphatic hydroxyl groups excluding tert-OH is 1. The molecule has 0 saturated carbocycles. The third-order valence-electron chi connectivity index (χ3n) is 1.17. The molecule has 4 nitrogen and oxygen atoms in total. The third kappa shape index (κ3) is 3.62. The van der Waals surface area contributed by atoms with Crippen LogP contribution in [0.2, 0.25) is 0 Å². The second-order valence-electron chi connectivity index (χ2n) is 2.27. The number of nitrogens with one attached hydrogen (secondary N) is 2. The summed E-state index contributed by atoms with van der Waals surface area (Å²) in [7, 11) is 1.52. The Hall–Kier alpha value is -1.03. The van der Waals surface area contributed by atoms with E-state index in [0.717, 1.165) is 0 Å². The minimum Gasteiger partial charge on any atom is -0.394 e. The second kappa shape index (κ2) is 4.73. The van der Waals surface area contributed by atoms with Gasteiger partial charge in [0.25, 0.3) is 0 Å². The summed E-state index contributed by atoms with van der Waals surface area (Å²) in [6.45, 7) is 5.06. The van der Waals surface area contributed by atoms with E-state index in [0.29, 0.717) is 5.70 Å². The molecule has 0 radical (unpaired) electrons. The summed E-state index contributed by atoms with van der Waals surface area (Å²) < 4.78 is 0. The van der Waals surface area contributed by atoms with E-state index in [1.165, 1.54) is 7.05 Å². The lowest BCUT2D eigenvalue weighted by Gasteiger charge is -2.14. The van der Waals surface area contributed by atoms with Crippen molar-refractivity contribution in [2.75, 3.05) is 13.7 Å². The molecule has 0 saturated heterocycles. The summed E-state index contributed by atoms with van der Waals surface area (Å²) in [5.74, 6) is -0.240. The van der Waals surface area contributed by atoms with E-state index in [1.54, 1.807) is 6.92 Å². The number of hydrogen-bond donors (Lipinski definition) is 3. The van der Waals surface area contributed by atoms with Crippen LogP contribution in [0.15, 0.2) is 12.3 Å². The van der Waals surface area contributed by atoms with Crippen LogP contribution in [0.5, 0.6) is 0 Å². The molecule has 64 valence electrons. The molecule has 0 aliphatic rings. The minimum absolute atomic E-state index is 0.230. The zero-order valence-electron chi connectivity index (χ0n) is 6.85. The number of likely N-dealkylation sites (N-methyl/N-ethyl adjacent to an activating group) is 1. The van der Waals surface area contributed by atoms with E-state index >= 15 is 0 Å². The molecule has 0 aliphatic heterocycles. The SMILES string of the molecule is C=C(C)NC(CO)C(=O)NC. The van der Waals surface area contributed by atoms with Crippen LogP contribution >= 0.6 is 0 Å². The predicted molar refractivity (Wildman–Crippen MR) is 42.9 cm³/mol. The highest BCUT2D eigenvalue weighted by atomic mass is 16.3. The van der Waals surface area contributed by atoms with Gasteiger partial charge in [0.2, 0.25) is 5.91 Å². The van der Waals surface area contributed by atoms with Gasteiger partial charge >= 0.3 is 0 Å². The van der Waals surface area contributed by atoms with Crippen LogP contribution in [0.3, 0.4) is 0 Å². The smallest absolute Gasteiger partial charge is 0.244 e. The third-order valence-corrected chi connectivity index (χ3v) is 1.17. The molecular formula is C7H14N2O2. The molecule has 0 aliphatic carbocycles. The molecule has 1 atom stereocenters. The van der Waals surface area contributed by atoms with E-state index in [9.17, 15) is 4.79 Å². The van der Waals surface area contributed by atoms with E-state index in [2.05, 4.69) is 17.2 Å². The number of allylic oxidation sites excluding steroid dienone is 1. The van der Waals surface area contributed by atoms with Gasteiger partial charge in [-0.25, -0.2) is 0 Å². The lowest BCUT2D eigenvalue weighted by Crippen LogP contribution is -2.44. The lowest BCUT2D eigenvalue weighted by molar-refractivity contribution is -0.123. The van der Waals surface area contributed by atoms with Gasteiger partial charge in [0.05, 0.1) is 6.61 Å². The Morgan fingerprint density at radius 1 is 1.73 bits per heavy atom. The first-order chi connectivity index (χ1) is 5.11. The standard InChI is InChI=1S/C7H14N2O2/c1-5(2)9-6(4-10)7(11)8-3/h6,9-10H,1,4H2,2-3H3,(H,8,11). The molecule has 0 rings (SSSR count). The summed E-state index contributed by atoms with van der Waals surface area (Å²) >= 11 is 0. The van der Waals surface area contributed by atoms with Crippen molar-refractivity contribution in [1.82, 2.24) is 10.6 Å². The maximum Gasteiger partial charge on any atom is 0.244 e. The van der Waals surface area contributed by atoms with E-state index in [4.69, 9.17) is 5.11 Å². The van der Waals surface area contributed by atoms with Crippen molar-refractivity contribution in [2.24, 2.45) is 0 Å². The van der Waals surface area contributed by atoms with Crippen molar-refractivity contribution in [1.29, 1.82) is 0 Å². The van der Waals surface area contributed by atoms with Crippen LogP contribution in [-0.2, 0) is 4.79 Å². The Balaban J connectivity index is 3.94. The molecule has 0 aromatic carbocycles. The predicted octanol–water partition coefficient (Wildman–Crippen LogP) is -0.783. The monoisotopic (exact) mass is 158 g/mol. The average Bonchev–Trinajstić information content (AvgIpc) is 1.98. The quantitative estimate of drug-likeness (QED) is 0.503. The molecule has 0 aromatic rings. The van der Waals surface area contributed by atoms with Crippen LogP contribution in [0.4, 0.5) is 0 Å². The average molecular weight is 158 g/mol. The fourth-order valence-corrected chi connectivity index (χ4v) is 0.666. The Labute approximate surface area is 66.3 Å². The summed E-state index contributed by atoms with van der Waals surface area (Å²) in [6.07, 6.45) is 0. The molecule has 11 heavy (non-hydrogen) atoms. The van der Waals surface area contributed by atoms with Gasteiger partial charge in [0.15, 0.2) is 0 Å². The summed E-state index contributed by atoms with van der Waals surface area (Å²) in [5.41, 5.74) is 0.660. The van der Waals surface area contributed by atoms with Crippen molar-refractivity contribution in [3.63, 3.8) is 0 Å². The topological polar surface area (TPSA) is 61.4 Å². The molecule has 0 spiro atoms. The van der Waals surface area contributed by atoms with Crippen molar-refractivity contribution in [2.45, 2.75) is 13.0 Å². The normalized spacial score (nSPS) is 11.9. The maximum atomic E-state index is 10.9. The molecule has 0 fully saturated rings. The Bertz CT molecular complexity index is 157. The highest BCUT2D eigenvalue weighted by Crippen LogP contribution is 1.87. The highest BCUT2D eigenvalue weighted by molar-refractivity contribution is 5.81. The maximum absolute atomic E-state index is 10.9. The van der Waals surface area contributed by atoms with Crippen LogP contribution in [0, 0.1) is 0 Å². The van der Waals surface area contributed by atoms with Gasteiger partial charge in [-0.05, 0) is 6.92 Å². The fraction of sp³-hybridized carbons (Fsp3) is 0.571. The van der Waals surface area contributed by atoms with Gasteiger partial charge < -0.3 is 15.7 Å². The van der Waals surface area contributed by atoms with Gasteiger partial charge in [0, 0.05) is 12.7 Å². The molecule has 0 heterocycles. The Morgan fingerprint density at radius 3 is 2.55 bits per heavy atom. The molecule has 1 unspecified atom stereocenters. The molecular weight excluding hydrogens is 144 g/mol. The first kappa shape index (κ1) is 9.97. The summed E-state index contributed by atoms with van der Waals surface area (Å²) in [5, 5.41) is 13.9. The van der Waals surface area contributed by atoms with E-state index in [-0.39, 0.29) is 12.5 Å². The largest absolute Gasteiger partial charge is 0.394 e. The van der Waals surface area contributed by atoms with Crippen LogP contribution < -0.4 is 10.6 Å². The Kier molecular flexibility index (Phi) is 4.29. The van der Waals surface area contributed by atoms with Crippen LogP contribution in [0.1, 0.15) is 6.92 Å². The highest BCUT2D eigenvalue weighted by Gasteiger charge is 2.13. The number of hydrogen-bond acceptors (Lipinski definition) is 3. The molecule has 0 bridgehead atoms. The van der Waals surface area contributed by atoms with Crippen LogP contribution in [-0.4, -0.2) is 30.7 Å². The number of carbonyl (C=O) groups excluding carboxylic acids is 1. The molecule has 4 heteroatoms. The first-order valence-corrected chi connectivity index (χ1v) is 3.36. The van der Waals surface area contributed by atoms with Gasteiger partial charge in [-0.1, -0.05) is 6.58 Å². The summed E-state index contributed by atoms with van der Waals surface area (Å²) in [6, 6.07) is -0.586. The Morgan fingerprint density at radius 2 is 2.27 bits per heavy atom. The second-order valence-corrected chi connectivity index (χ2v) is 2.27. The van der Waals surface area contributed by atoms with Crippen molar-refractivity contribution >= 4 is 5.91 Å². The lowest BCUT2D eigenvalue weighted by atomic mass is 10.3.